The third-order valence-electron chi connectivity index (χ3n) is 8.76. The Balaban J connectivity index is 1.02. The number of piperidine rings is 1. The molecular formula is C22H37N3O2. The minimum Gasteiger partial charge on any atom is -0.378 e. The summed E-state index contributed by atoms with van der Waals surface area (Å²) in [5.41, 5.74) is 1.14. The molecule has 27 heavy (non-hydrogen) atoms. The molecule has 6 rings (SSSR count). The van der Waals surface area contributed by atoms with E-state index in [1.165, 1.54) is 57.9 Å². The van der Waals surface area contributed by atoms with Crippen LogP contribution < -0.4 is 16.0 Å². The molecule has 3 spiro atoms. The number of hydrogen-bond donors (Lipinski definition) is 3. The standard InChI is InChI=1S/C22H37N3O2/c1-15-11-26-14-22(24-15)10-18(22)6-19-12-27-13-21(25-19)8-17(9-21)16-2-5-23-20(7-16)3-4-20/h15-19,23-25H,2-14H2,1H3. The molecular weight excluding hydrogens is 338 g/mol. The quantitative estimate of drug-likeness (QED) is 0.702. The van der Waals surface area contributed by atoms with Crippen LogP contribution in [-0.2, 0) is 9.47 Å². The van der Waals surface area contributed by atoms with Crippen LogP contribution in [-0.4, -0.2) is 61.7 Å². The minimum atomic E-state index is 0.278. The Morgan fingerprint density at radius 3 is 2.52 bits per heavy atom. The van der Waals surface area contributed by atoms with E-state index in [1.54, 1.807) is 0 Å². The lowest BCUT2D eigenvalue weighted by atomic mass is 9.60. The van der Waals surface area contributed by atoms with Crippen LogP contribution in [0.3, 0.4) is 0 Å². The molecule has 0 aromatic carbocycles. The predicted octanol–water partition coefficient (Wildman–Crippen LogP) is 1.81. The van der Waals surface area contributed by atoms with Gasteiger partial charge in [0.1, 0.15) is 0 Å². The fourth-order valence-electron chi connectivity index (χ4n) is 7.06. The van der Waals surface area contributed by atoms with Crippen LogP contribution in [0.4, 0.5) is 0 Å². The molecule has 0 aromatic rings. The summed E-state index contributed by atoms with van der Waals surface area (Å²) in [6.45, 7) is 7.09. The van der Waals surface area contributed by atoms with Crippen molar-refractivity contribution >= 4 is 0 Å². The summed E-state index contributed by atoms with van der Waals surface area (Å²) in [4.78, 5) is 0. The fourth-order valence-corrected chi connectivity index (χ4v) is 7.06. The highest BCUT2D eigenvalue weighted by molar-refractivity contribution is 5.15. The van der Waals surface area contributed by atoms with Gasteiger partial charge >= 0.3 is 0 Å². The zero-order valence-corrected chi connectivity index (χ0v) is 16.9. The van der Waals surface area contributed by atoms with Crippen LogP contribution >= 0.6 is 0 Å². The first kappa shape index (κ1) is 17.6. The molecule has 5 nitrogen and oxygen atoms in total. The molecule has 6 fully saturated rings. The second-order valence-electron chi connectivity index (χ2n) is 11.1. The van der Waals surface area contributed by atoms with Crippen molar-refractivity contribution in [1.82, 2.24) is 16.0 Å². The largest absolute Gasteiger partial charge is 0.378 e. The number of morpholine rings is 2. The summed E-state index contributed by atoms with van der Waals surface area (Å²) >= 11 is 0. The Hall–Kier alpha value is -0.200. The van der Waals surface area contributed by atoms with Crippen LogP contribution in [0.5, 0.6) is 0 Å². The average molecular weight is 376 g/mol. The topological polar surface area (TPSA) is 54.6 Å². The van der Waals surface area contributed by atoms with Crippen LogP contribution in [0.2, 0.25) is 0 Å². The van der Waals surface area contributed by atoms with Crippen LogP contribution in [0.1, 0.15) is 58.3 Å². The molecule has 3 aliphatic heterocycles. The van der Waals surface area contributed by atoms with Crippen molar-refractivity contribution in [3.8, 4) is 0 Å². The van der Waals surface area contributed by atoms with Gasteiger partial charge in [-0.05, 0) is 82.6 Å². The molecule has 0 bridgehead atoms. The lowest BCUT2D eigenvalue weighted by Crippen LogP contribution is -2.66. The smallest absolute Gasteiger partial charge is 0.0652 e. The summed E-state index contributed by atoms with van der Waals surface area (Å²) < 4.78 is 12.0. The Bertz CT molecular complexity index is 588. The van der Waals surface area contributed by atoms with Gasteiger partial charge in [-0.3, -0.25) is 0 Å². The molecule has 3 saturated carbocycles. The second kappa shape index (κ2) is 6.15. The van der Waals surface area contributed by atoms with Gasteiger partial charge in [-0.2, -0.15) is 0 Å². The maximum atomic E-state index is 6.13. The van der Waals surface area contributed by atoms with Crippen molar-refractivity contribution in [3.05, 3.63) is 0 Å². The molecule has 5 heteroatoms. The molecule has 0 radical (unpaired) electrons. The number of nitrogens with one attached hydrogen (secondary N) is 3. The van der Waals surface area contributed by atoms with Gasteiger partial charge in [0.25, 0.3) is 0 Å². The van der Waals surface area contributed by atoms with Crippen molar-refractivity contribution in [2.24, 2.45) is 17.8 Å². The van der Waals surface area contributed by atoms with E-state index in [1.807, 2.05) is 0 Å². The van der Waals surface area contributed by atoms with Gasteiger partial charge in [0.15, 0.2) is 0 Å². The van der Waals surface area contributed by atoms with Crippen LogP contribution in [0.25, 0.3) is 0 Å². The SMILES string of the molecule is CC1COCC2(CC2CC2COCC3(CC(C4CCNC5(CC5)C4)C3)N2)N1. The average Bonchev–Trinajstić information content (AvgIpc) is 3.52. The molecule has 6 aliphatic rings. The number of ether oxygens (including phenoxy) is 2. The highest BCUT2D eigenvalue weighted by atomic mass is 16.5. The third-order valence-corrected chi connectivity index (χ3v) is 8.76. The van der Waals surface area contributed by atoms with E-state index >= 15 is 0 Å². The lowest BCUT2D eigenvalue weighted by Gasteiger charge is -2.55. The van der Waals surface area contributed by atoms with Gasteiger partial charge in [-0.25, -0.2) is 0 Å². The van der Waals surface area contributed by atoms with E-state index in [4.69, 9.17) is 9.47 Å². The first-order valence-corrected chi connectivity index (χ1v) is 11.5. The Morgan fingerprint density at radius 1 is 0.889 bits per heavy atom. The lowest BCUT2D eigenvalue weighted by molar-refractivity contribution is -0.0792. The highest BCUT2D eigenvalue weighted by Gasteiger charge is 2.58. The monoisotopic (exact) mass is 375 g/mol. The van der Waals surface area contributed by atoms with E-state index in [0.717, 1.165) is 44.2 Å². The highest BCUT2D eigenvalue weighted by Crippen LogP contribution is 2.53. The van der Waals surface area contributed by atoms with Gasteiger partial charge in [0, 0.05) is 28.7 Å². The number of hydrogen-bond acceptors (Lipinski definition) is 5. The predicted molar refractivity (Wildman–Crippen MR) is 105 cm³/mol. The third kappa shape index (κ3) is 3.18. The molecule has 3 N–H and O–H groups in total. The van der Waals surface area contributed by atoms with E-state index < -0.39 is 0 Å². The van der Waals surface area contributed by atoms with Gasteiger partial charge < -0.3 is 25.4 Å². The maximum absolute atomic E-state index is 6.13. The summed E-state index contributed by atoms with van der Waals surface area (Å²) in [6.07, 6.45) is 10.9. The van der Waals surface area contributed by atoms with Crippen molar-refractivity contribution in [2.75, 3.05) is 33.0 Å². The maximum Gasteiger partial charge on any atom is 0.0652 e. The molecule has 0 amide bonds. The summed E-state index contributed by atoms with van der Waals surface area (Å²) in [5, 5.41) is 11.7. The zero-order valence-electron chi connectivity index (χ0n) is 16.9. The van der Waals surface area contributed by atoms with Crippen molar-refractivity contribution in [1.29, 1.82) is 0 Å². The fraction of sp³-hybridized carbons (Fsp3) is 1.00. The first-order valence-electron chi connectivity index (χ1n) is 11.5. The molecule has 0 aromatic heterocycles. The van der Waals surface area contributed by atoms with E-state index in [9.17, 15) is 0 Å². The number of rotatable bonds is 3. The van der Waals surface area contributed by atoms with Gasteiger partial charge in [0.05, 0.1) is 26.4 Å². The van der Waals surface area contributed by atoms with Gasteiger partial charge in [-0.1, -0.05) is 0 Å². The molecule has 152 valence electrons. The Morgan fingerprint density at radius 2 is 1.70 bits per heavy atom. The van der Waals surface area contributed by atoms with Gasteiger partial charge in [0.2, 0.25) is 0 Å². The summed E-state index contributed by atoms with van der Waals surface area (Å²) in [5.74, 6) is 2.64. The van der Waals surface area contributed by atoms with Crippen molar-refractivity contribution in [3.63, 3.8) is 0 Å². The Kier molecular flexibility index (Phi) is 4.02. The minimum absolute atomic E-state index is 0.278. The molecule has 5 atom stereocenters. The molecule has 3 saturated heterocycles. The van der Waals surface area contributed by atoms with E-state index in [0.29, 0.717) is 23.2 Å². The summed E-state index contributed by atoms with van der Waals surface area (Å²) in [7, 11) is 0. The van der Waals surface area contributed by atoms with Crippen molar-refractivity contribution < 1.29 is 9.47 Å². The van der Waals surface area contributed by atoms with Crippen molar-refractivity contribution in [2.45, 2.75) is 87.0 Å². The summed E-state index contributed by atoms with van der Waals surface area (Å²) in [6, 6.07) is 1.03. The van der Waals surface area contributed by atoms with E-state index in [2.05, 4.69) is 22.9 Å². The molecule has 3 aliphatic carbocycles. The van der Waals surface area contributed by atoms with Crippen LogP contribution in [0, 0.1) is 17.8 Å². The normalized spacial score (nSPS) is 53.4. The second-order valence-corrected chi connectivity index (χ2v) is 11.1. The Labute approximate surface area is 163 Å². The van der Waals surface area contributed by atoms with Gasteiger partial charge in [-0.15, -0.1) is 0 Å². The first-order chi connectivity index (χ1) is 13.1. The molecule has 3 heterocycles. The van der Waals surface area contributed by atoms with Crippen LogP contribution in [0.15, 0.2) is 0 Å². The van der Waals surface area contributed by atoms with E-state index in [-0.39, 0.29) is 5.54 Å². The zero-order chi connectivity index (χ0) is 18.1. The molecule has 5 unspecified atom stereocenters.